The molecule has 3 heterocycles. The molecule has 0 unspecified atom stereocenters. The Morgan fingerprint density at radius 3 is 1.86 bits per heavy atom. The van der Waals surface area contributed by atoms with E-state index in [1.165, 1.54) is 47.8 Å². The number of rotatable bonds is 5. The lowest BCUT2D eigenvalue weighted by Gasteiger charge is -2.21. The van der Waals surface area contributed by atoms with Crippen molar-refractivity contribution in [3.05, 3.63) is 187 Å². The molecule has 0 aliphatic heterocycles. The van der Waals surface area contributed by atoms with Crippen molar-refractivity contribution < 1.29 is 0 Å². The molecule has 4 heteroatoms. The van der Waals surface area contributed by atoms with Crippen LogP contribution in [-0.4, -0.2) is 15.0 Å². The topological polar surface area (TPSA) is 38.7 Å². The number of aromatic nitrogens is 3. The molecule has 11 rings (SSSR count). The Kier molecular flexibility index (Phi) is 7.38. The maximum atomic E-state index is 5.35. The van der Waals surface area contributed by atoms with Gasteiger partial charge in [-0.15, -0.1) is 11.3 Å². The molecule has 3 nitrogen and oxygen atoms in total. The van der Waals surface area contributed by atoms with Gasteiger partial charge in [-0.25, -0.2) is 15.0 Å². The number of benzene rings is 7. The van der Waals surface area contributed by atoms with Crippen LogP contribution >= 0.6 is 11.3 Å². The van der Waals surface area contributed by atoms with Crippen molar-refractivity contribution in [2.45, 2.75) is 19.3 Å². The van der Waals surface area contributed by atoms with Crippen LogP contribution in [-0.2, 0) is 5.41 Å². The van der Waals surface area contributed by atoms with Crippen LogP contribution in [0.1, 0.15) is 25.0 Å². The molecule has 0 saturated carbocycles. The standard InChI is InChI=1S/C52H35N3S/c1-52(2)42-19-11-9-17-38(42)41-29-37(26-28-43(41)52)45-31-44(33-13-5-3-6-14-33)54-51(55-45)35-23-21-32(22-24-35)36-25-27-39-46(30-36)53-49(34-15-7-4-8-16-34)48-40-18-10-12-20-47(40)56-50(39)48/h3-31H,1-2H3. The van der Waals surface area contributed by atoms with Crippen LogP contribution in [0.15, 0.2) is 176 Å². The van der Waals surface area contributed by atoms with Crippen molar-refractivity contribution in [1.82, 2.24) is 15.0 Å². The fourth-order valence-corrected chi connectivity index (χ4v) is 9.86. The zero-order valence-corrected chi connectivity index (χ0v) is 31.8. The molecule has 0 atom stereocenters. The Labute approximate surface area is 329 Å². The largest absolute Gasteiger partial charge is 0.247 e. The van der Waals surface area contributed by atoms with E-state index in [0.29, 0.717) is 5.82 Å². The SMILES string of the molecule is CC1(C)c2ccccc2-c2cc(-c3cc(-c4ccccc4)nc(-c4ccc(-c5ccc6c(c5)nc(-c5ccccc5)c5c7ccccc7sc65)cc4)n3)ccc21. The van der Waals surface area contributed by atoms with Gasteiger partial charge in [0.15, 0.2) is 5.82 Å². The average Bonchev–Trinajstić information content (AvgIpc) is 3.76. The fraction of sp³-hybridized carbons (Fsp3) is 0.0577. The molecule has 0 bridgehead atoms. The monoisotopic (exact) mass is 733 g/mol. The first-order chi connectivity index (χ1) is 27.5. The van der Waals surface area contributed by atoms with Gasteiger partial charge in [-0.3, -0.25) is 0 Å². The second kappa shape index (κ2) is 12.7. The highest BCUT2D eigenvalue weighted by molar-refractivity contribution is 7.26. The van der Waals surface area contributed by atoms with Crippen molar-refractivity contribution in [3.8, 4) is 67.4 Å². The van der Waals surface area contributed by atoms with Gasteiger partial charge < -0.3 is 0 Å². The van der Waals surface area contributed by atoms with Crippen LogP contribution in [0.4, 0.5) is 0 Å². The van der Waals surface area contributed by atoms with Crippen molar-refractivity contribution >= 4 is 42.4 Å². The molecule has 7 aromatic carbocycles. The number of thiophene rings is 1. The van der Waals surface area contributed by atoms with Gasteiger partial charge in [-0.05, 0) is 57.6 Å². The highest BCUT2D eigenvalue weighted by Gasteiger charge is 2.35. The molecule has 264 valence electrons. The minimum absolute atomic E-state index is 0.0473. The summed E-state index contributed by atoms with van der Waals surface area (Å²) in [6, 6.07) is 62.7. The zero-order chi connectivity index (χ0) is 37.4. The minimum Gasteiger partial charge on any atom is -0.247 e. The Balaban J connectivity index is 1.01. The molecular formula is C52H35N3S. The third kappa shape index (κ3) is 5.21. The second-order valence-electron chi connectivity index (χ2n) is 15.2. The van der Waals surface area contributed by atoms with E-state index in [2.05, 4.69) is 184 Å². The van der Waals surface area contributed by atoms with Gasteiger partial charge in [-0.2, -0.15) is 0 Å². The first-order valence-electron chi connectivity index (χ1n) is 19.1. The number of hydrogen-bond acceptors (Lipinski definition) is 4. The number of pyridine rings is 1. The molecule has 0 radical (unpaired) electrons. The minimum atomic E-state index is -0.0473. The number of nitrogens with zero attached hydrogens (tertiary/aromatic N) is 3. The Morgan fingerprint density at radius 1 is 0.429 bits per heavy atom. The number of fused-ring (bicyclic) bond motifs is 8. The first-order valence-corrected chi connectivity index (χ1v) is 19.9. The molecule has 0 amide bonds. The maximum absolute atomic E-state index is 5.35. The molecule has 1 aliphatic carbocycles. The molecule has 0 fully saturated rings. The molecule has 1 aliphatic rings. The predicted molar refractivity (Wildman–Crippen MR) is 235 cm³/mol. The summed E-state index contributed by atoms with van der Waals surface area (Å²) in [5.41, 5.74) is 15.6. The van der Waals surface area contributed by atoms with E-state index in [1.54, 1.807) is 0 Å². The van der Waals surface area contributed by atoms with Gasteiger partial charge in [0.05, 0.1) is 22.6 Å². The lowest BCUT2D eigenvalue weighted by atomic mass is 9.82. The van der Waals surface area contributed by atoms with Gasteiger partial charge >= 0.3 is 0 Å². The van der Waals surface area contributed by atoms with E-state index in [1.807, 2.05) is 17.4 Å². The summed E-state index contributed by atoms with van der Waals surface area (Å²) in [5.74, 6) is 0.703. The molecule has 56 heavy (non-hydrogen) atoms. The van der Waals surface area contributed by atoms with Crippen LogP contribution in [0.3, 0.4) is 0 Å². The summed E-state index contributed by atoms with van der Waals surface area (Å²) in [5, 5.41) is 3.66. The van der Waals surface area contributed by atoms with E-state index < -0.39 is 0 Å². The van der Waals surface area contributed by atoms with Gasteiger partial charge in [0.25, 0.3) is 0 Å². The van der Waals surface area contributed by atoms with E-state index in [9.17, 15) is 0 Å². The van der Waals surface area contributed by atoms with Crippen LogP contribution in [0.2, 0.25) is 0 Å². The van der Waals surface area contributed by atoms with Gasteiger partial charge in [0.2, 0.25) is 0 Å². The fourth-order valence-electron chi connectivity index (χ4n) is 8.62. The Hall–Kier alpha value is -6.75. The lowest BCUT2D eigenvalue weighted by molar-refractivity contribution is 0.660. The van der Waals surface area contributed by atoms with Gasteiger partial charge in [-0.1, -0.05) is 166 Å². The maximum Gasteiger partial charge on any atom is 0.160 e. The van der Waals surface area contributed by atoms with Crippen LogP contribution in [0.25, 0.3) is 98.5 Å². The normalized spacial score (nSPS) is 13.0. The Bertz CT molecular complexity index is 3140. The molecule has 3 aromatic heterocycles. The van der Waals surface area contributed by atoms with E-state index in [4.69, 9.17) is 15.0 Å². The number of hydrogen-bond donors (Lipinski definition) is 0. The Morgan fingerprint density at radius 2 is 1.05 bits per heavy atom. The summed E-state index contributed by atoms with van der Waals surface area (Å²) < 4.78 is 2.56. The van der Waals surface area contributed by atoms with Crippen molar-refractivity contribution in [2.24, 2.45) is 0 Å². The highest BCUT2D eigenvalue weighted by Crippen LogP contribution is 2.49. The van der Waals surface area contributed by atoms with Gasteiger partial charge in [0.1, 0.15) is 0 Å². The van der Waals surface area contributed by atoms with E-state index in [-0.39, 0.29) is 5.41 Å². The summed E-state index contributed by atoms with van der Waals surface area (Å²) in [7, 11) is 0. The van der Waals surface area contributed by atoms with Crippen LogP contribution < -0.4 is 0 Å². The first kappa shape index (κ1) is 32.7. The summed E-state index contributed by atoms with van der Waals surface area (Å²) in [6.45, 7) is 4.63. The van der Waals surface area contributed by atoms with Crippen LogP contribution in [0.5, 0.6) is 0 Å². The predicted octanol–water partition coefficient (Wildman–Crippen LogP) is 14.0. The third-order valence-corrected chi connectivity index (χ3v) is 12.7. The van der Waals surface area contributed by atoms with E-state index in [0.717, 1.165) is 56.0 Å². The van der Waals surface area contributed by atoms with Crippen molar-refractivity contribution in [2.75, 3.05) is 0 Å². The molecule has 0 spiro atoms. The van der Waals surface area contributed by atoms with E-state index >= 15 is 0 Å². The van der Waals surface area contributed by atoms with Crippen LogP contribution in [0, 0.1) is 0 Å². The molecule has 0 saturated heterocycles. The quantitative estimate of drug-likeness (QED) is 0.177. The van der Waals surface area contributed by atoms with Gasteiger partial charge in [0, 0.05) is 53.2 Å². The molecule has 0 N–H and O–H groups in total. The summed E-state index contributed by atoms with van der Waals surface area (Å²) >= 11 is 1.85. The van der Waals surface area contributed by atoms with Crippen molar-refractivity contribution in [3.63, 3.8) is 0 Å². The zero-order valence-electron chi connectivity index (χ0n) is 31.0. The summed E-state index contributed by atoms with van der Waals surface area (Å²) in [4.78, 5) is 15.7. The molecular weight excluding hydrogens is 699 g/mol. The average molecular weight is 734 g/mol. The lowest BCUT2D eigenvalue weighted by Crippen LogP contribution is -2.14. The summed E-state index contributed by atoms with van der Waals surface area (Å²) in [6.07, 6.45) is 0. The van der Waals surface area contributed by atoms with Crippen molar-refractivity contribution in [1.29, 1.82) is 0 Å². The second-order valence-corrected chi connectivity index (χ2v) is 16.2. The highest BCUT2D eigenvalue weighted by atomic mass is 32.1. The molecule has 10 aromatic rings. The third-order valence-electron chi connectivity index (χ3n) is 11.5. The smallest absolute Gasteiger partial charge is 0.160 e.